The second-order valence-corrected chi connectivity index (χ2v) is 5.01. The molecule has 1 fully saturated rings. The molecule has 9 heteroatoms. The lowest BCUT2D eigenvalue weighted by atomic mass is 10.00. The number of ether oxygens (including phenoxy) is 1. The van der Waals surface area contributed by atoms with E-state index < -0.39 is 24.5 Å². The van der Waals surface area contributed by atoms with Crippen LogP contribution in [-0.2, 0) is 0 Å². The number of alkyl halides is 3. The molecule has 1 saturated heterocycles. The third-order valence-electron chi connectivity index (χ3n) is 3.58. The third-order valence-corrected chi connectivity index (χ3v) is 3.58. The Labute approximate surface area is 145 Å². The summed E-state index contributed by atoms with van der Waals surface area (Å²) in [7, 11) is 1.39. The van der Waals surface area contributed by atoms with E-state index in [0.29, 0.717) is 31.9 Å². The molecule has 23 heavy (non-hydrogen) atoms. The first-order valence-electron chi connectivity index (χ1n) is 6.75. The summed E-state index contributed by atoms with van der Waals surface area (Å²) in [4.78, 5) is 1.68. The molecular formula is C14H20Cl2F4N2O. The summed E-state index contributed by atoms with van der Waals surface area (Å²) >= 11 is 0. The minimum Gasteiger partial charge on any atom is -0.497 e. The maximum absolute atomic E-state index is 14.1. The minimum absolute atomic E-state index is 0. The van der Waals surface area contributed by atoms with Gasteiger partial charge in [-0.2, -0.15) is 13.2 Å². The lowest BCUT2D eigenvalue weighted by Crippen LogP contribution is -2.46. The van der Waals surface area contributed by atoms with Crippen molar-refractivity contribution in [3.8, 4) is 5.75 Å². The Balaban J connectivity index is 0.00000242. The van der Waals surface area contributed by atoms with Crippen LogP contribution in [0.4, 0.5) is 17.6 Å². The fraction of sp³-hybridized carbons (Fsp3) is 0.571. The highest BCUT2D eigenvalue weighted by Crippen LogP contribution is 2.35. The maximum atomic E-state index is 14.1. The lowest BCUT2D eigenvalue weighted by Gasteiger charge is -2.35. The number of nitrogens with one attached hydrogen (secondary N) is 1. The largest absolute Gasteiger partial charge is 0.497 e. The van der Waals surface area contributed by atoms with Crippen LogP contribution in [0.1, 0.15) is 18.0 Å². The van der Waals surface area contributed by atoms with Gasteiger partial charge in [0.1, 0.15) is 11.6 Å². The lowest BCUT2D eigenvalue weighted by molar-refractivity contribution is -0.149. The molecule has 0 aromatic heterocycles. The summed E-state index contributed by atoms with van der Waals surface area (Å²) in [6.07, 6.45) is -5.40. The molecule has 1 aromatic rings. The Hall–Kier alpha value is -0.760. The van der Waals surface area contributed by atoms with Crippen molar-refractivity contribution in [3.05, 3.63) is 29.6 Å². The molecule has 0 amide bonds. The molecule has 0 unspecified atom stereocenters. The van der Waals surface area contributed by atoms with Crippen LogP contribution in [0, 0.1) is 5.82 Å². The van der Waals surface area contributed by atoms with Crippen LogP contribution in [0.15, 0.2) is 18.2 Å². The van der Waals surface area contributed by atoms with E-state index in [4.69, 9.17) is 4.74 Å². The summed E-state index contributed by atoms with van der Waals surface area (Å²) in [6, 6.07) is 3.00. The van der Waals surface area contributed by atoms with Crippen LogP contribution < -0.4 is 10.1 Å². The molecule has 0 radical (unpaired) electrons. The zero-order valence-electron chi connectivity index (χ0n) is 12.5. The molecule has 0 spiro atoms. The normalized spacial score (nSPS) is 16.9. The van der Waals surface area contributed by atoms with Crippen LogP contribution in [0.2, 0.25) is 0 Å². The number of rotatable bonds is 4. The SMILES string of the molecule is COc1ccc([C@@H](CC(F)(F)F)N2CCNCC2)c(F)c1.Cl.Cl. The molecule has 1 aromatic carbocycles. The van der Waals surface area contributed by atoms with Crippen molar-refractivity contribution < 1.29 is 22.3 Å². The van der Waals surface area contributed by atoms with E-state index in [2.05, 4.69) is 5.32 Å². The molecule has 0 saturated carbocycles. The number of hydrogen-bond acceptors (Lipinski definition) is 3. The van der Waals surface area contributed by atoms with Gasteiger partial charge in [0.05, 0.1) is 13.5 Å². The van der Waals surface area contributed by atoms with E-state index in [0.717, 1.165) is 6.07 Å². The predicted molar refractivity (Wildman–Crippen MR) is 85.3 cm³/mol. The number of piperazine rings is 1. The first kappa shape index (κ1) is 22.2. The summed E-state index contributed by atoms with van der Waals surface area (Å²) in [5.74, 6) is -0.371. The van der Waals surface area contributed by atoms with Crippen LogP contribution in [0.5, 0.6) is 5.75 Å². The zero-order chi connectivity index (χ0) is 15.5. The van der Waals surface area contributed by atoms with Crippen LogP contribution in [0.25, 0.3) is 0 Å². The van der Waals surface area contributed by atoms with Crippen molar-refractivity contribution in [1.29, 1.82) is 0 Å². The van der Waals surface area contributed by atoms with Gasteiger partial charge in [-0.25, -0.2) is 4.39 Å². The van der Waals surface area contributed by atoms with Crippen molar-refractivity contribution >= 4 is 24.8 Å². The highest BCUT2D eigenvalue weighted by molar-refractivity contribution is 5.85. The highest BCUT2D eigenvalue weighted by atomic mass is 35.5. The number of halogens is 6. The van der Waals surface area contributed by atoms with Crippen molar-refractivity contribution in [1.82, 2.24) is 10.2 Å². The first-order chi connectivity index (χ1) is 9.90. The molecule has 1 heterocycles. The van der Waals surface area contributed by atoms with Gasteiger partial charge in [-0.1, -0.05) is 6.07 Å². The average Bonchev–Trinajstić information content (AvgIpc) is 2.45. The van der Waals surface area contributed by atoms with Gasteiger partial charge < -0.3 is 10.1 Å². The molecule has 134 valence electrons. The Morgan fingerprint density at radius 3 is 2.30 bits per heavy atom. The molecule has 3 nitrogen and oxygen atoms in total. The van der Waals surface area contributed by atoms with Gasteiger partial charge in [0.2, 0.25) is 0 Å². The summed E-state index contributed by atoms with van der Waals surface area (Å²) in [6.45, 7) is 2.14. The Bertz CT molecular complexity index is 482. The predicted octanol–water partition coefficient (Wildman–Crippen LogP) is 3.58. The van der Waals surface area contributed by atoms with Crippen molar-refractivity contribution in [2.75, 3.05) is 33.3 Å². The Morgan fingerprint density at radius 1 is 1.22 bits per heavy atom. The summed E-state index contributed by atoms with van der Waals surface area (Å²) < 4.78 is 57.5. The van der Waals surface area contributed by atoms with Gasteiger partial charge in [-0.3, -0.25) is 4.90 Å². The van der Waals surface area contributed by atoms with Crippen LogP contribution >= 0.6 is 24.8 Å². The van der Waals surface area contributed by atoms with Gasteiger partial charge >= 0.3 is 6.18 Å². The number of nitrogens with zero attached hydrogens (tertiary/aromatic N) is 1. The van der Waals surface area contributed by atoms with E-state index >= 15 is 0 Å². The van der Waals surface area contributed by atoms with Gasteiger partial charge in [0, 0.05) is 43.9 Å². The molecule has 1 aliphatic rings. The quantitative estimate of drug-likeness (QED) is 0.810. The fourth-order valence-corrected chi connectivity index (χ4v) is 2.55. The van der Waals surface area contributed by atoms with Crippen molar-refractivity contribution in [2.24, 2.45) is 0 Å². The monoisotopic (exact) mass is 378 g/mol. The first-order valence-corrected chi connectivity index (χ1v) is 6.75. The van der Waals surface area contributed by atoms with Gasteiger partial charge in [-0.15, -0.1) is 24.8 Å². The van der Waals surface area contributed by atoms with E-state index in [-0.39, 0.29) is 30.4 Å². The topological polar surface area (TPSA) is 24.5 Å². The van der Waals surface area contributed by atoms with E-state index in [1.165, 1.54) is 19.2 Å². The Morgan fingerprint density at radius 2 is 1.83 bits per heavy atom. The minimum atomic E-state index is -4.35. The summed E-state index contributed by atoms with van der Waals surface area (Å²) in [5, 5.41) is 3.08. The van der Waals surface area contributed by atoms with E-state index in [9.17, 15) is 17.6 Å². The van der Waals surface area contributed by atoms with Crippen molar-refractivity contribution in [2.45, 2.75) is 18.6 Å². The van der Waals surface area contributed by atoms with E-state index in [1.807, 2.05) is 0 Å². The number of benzene rings is 1. The third kappa shape index (κ3) is 6.33. The molecule has 1 aliphatic heterocycles. The number of hydrogen-bond donors (Lipinski definition) is 1. The van der Waals surface area contributed by atoms with Crippen LogP contribution in [0.3, 0.4) is 0 Å². The maximum Gasteiger partial charge on any atom is 0.390 e. The van der Waals surface area contributed by atoms with Gasteiger partial charge in [-0.05, 0) is 6.07 Å². The molecular weight excluding hydrogens is 359 g/mol. The van der Waals surface area contributed by atoms with Gasteiger partial charge in [0.25, 0.3) is 0 Å². The van der Waals surface area contributed by atoms with Gasteiger partial charge in [0.15, 0.2) is 0 Å². The molecule has 0 aliphatic carbocycles. The zero-order valence-corrected chi connectivity index (χ0v) is 14.2. The highest BCUT2D eigenvalue weighted by Gasteiger charge is 2.37. The average molecular weight is 379 g/mol. The fourth-order valence-electron chi connectivity index (χ4n) is 2.55. The molecule has 0 bridgehead atoms. The second-order valence-electron chi connectivity index (χ2n) is 5.01. The molecule has 1 N–H and O–H groups in total. The van der Waals surface area contributed by atoms with E-state index in [1.54, 1.807) is 4.90 Å². The van der Waals surface area contributed by atoms with Crippen molar-refractivity contribution in [3.63, 3.8) is 0 Å². The number of methoxy groups -OCH3 is 1. The molecule has 2 rings (SSSR count). The Kier molecular flexibility index (Phi) is 9.20. The van der Waals surface area contributed by atoms with Crippen LogP contribution in [-0.4, -0.2) is 44.4 Å². The standard InChI is InChI=1S/C14H18F4N2O.2ClH/c1-21-10-2-3-11(12(15)8-10)13(9-14(16,17)18)20-6-4-19-5-7-20;;/h2-3,8,13,19H,4-7,9H2,1H3;2*1H/t13-;;/m1../s1. The second kappa shape index (κ2) is 9.52. The molecule has 1 atom stereocenters. The summed E-state index contributed by atoms with van der Waals surface area (Å²) in [5.41, 5.74) is 0.0648. The smallest absolute Gasteiger partial charge is 0.390 e.